The lowest BCUT2D eigenvalue weighted by molar-refractivity contribution is -0.143. The summed E-state index contributed by atoms with van der Waals surface area (Å²) in [6.07, 6.45) is -1.43. The molecular formula is C7H15FN4O2. The Hall–Kier alpha value is -1.37. The summed E-state index contributed by atoms with van der Waals surface area (Å²) in [4.78, 5) is 13.8. The third-order valence-electron chi connectivity index (χ3n) is 1.56. The summed E-state index contributed by atoms with van der Waals surface area (Å²) in [6.45, 7) is 0.421. The van der Waals surface area contributed by atoms with Gasteiger partial charge in [-0.15, -0.1) is 0 Å². The van der Waals surface area contributed by atoms with Gasteiger partial charge in [0.2, 0.25) is 5.96 Å². The zero-order valence-electron chi connectivity index (χ0n) is 7.96. The van der Waals surface area contributed by atoms with E-state index in [1.165, 1.54) is 7.05 Å². The minimum atomic E-state index is -1.80. The van der Waals surface area contributed by atoms with Crippen LogP contribution in [0.2, 0.25) is 0 Å². The Balaban J connectivity index is 3.51. The first-order valence-electron chi connectivity index (χ1n) is 4.16. The molecule has 0 rings (SSSR count). The van der Waals surface area contributed by atoms with Gasteiger partial charge in [0.05, 0.1) is 0 Å². The zero-order valence-corrected chi connectivity index (χ0v) is 7.96. The molecule has 0 bridgehead atoms. The molecule has 6 nitrogen and oxygen atoms in total. The highest BCUT2D eigenvalue weighted by atomic mass is 19.1. The Morgan fingerprint density at radius 1 is 1.71 bits per heavy atom. The van der Waals surface area contributed by atoms with Crippen molar-refractivity contribution in [3.05, 3.63) is 0 Å². The average molecular weight is 206 g/mol. The molecule has 0 fully saturated rings. The van der Waals surface area contributed by atoms with Crippen molar-refractivity contribution in [2.75, 3.05) is 13.6 Å². The maximum Gasteiger partial charge on any atom is 0.338 e. The van der Waals surface area contributed by atoms with Crippen LogP contribution >= 0.6 is 0 Å². The summed E-state index contributed by atoms with van der Waals surface area (Å²) in [7, 11) is 1.54. The van der Waals surface area contributed by atoms with Gasteiger partial charge in [0.15, 0.2) is 6.17 Å². The minimum Gasteiger partial charge on any atom is -0.479 e. The number of aliphatic imine (C=N–C) groups is 1. The fraction of sp³-hybridized carbons (Fsp3) is 0.714. The molecule has 1 atom stereocenters. The van der Waals surface area contributed by atoms with Crippen LogP contribution < -0.4 is 16.6 Å². The van der Waals surface area contributed by atoms with Crippen molar-refractivity contribution in [1.29, 1.82) is 0 Å². The predicted molar refractivity (Wildman–Crippen MR) is 50.5 cm³/mol. The maximum absolute atomic E-state index is 12.5. The Labute approximate surface area is 81.4 Å². The number of guanidine groups is 1. The van der Waals surface area contributed by atoms with Crippen LogP contribution in [0.25, 0.3) is 0 Å². The summed E-state index contributed by atoms with van der Waals surface area (Å²) < 4.78 is 12.5. The van der Waals surface area contributed by atoms with Gasteiger partial charge in [-0.05, 0) is 12.8 Å². The number of hydrogen-bond donors (Lipinski definition) is 4. The molecule has 7 heteroatoms. The molecule has 0 aliphatic rings. The monoisotopic (exact) mass is 206 g/mol. The van der Waals surface area contributed by atoms with E-state index in [-0.39, 0.29) is 6.42 Å². The fourth-order valence-corrected chi connectivity index (χ4v) is 0.806. The lowest BCUT2D eigenvalue weighted by Gasteiger charge is -2.08. The van der Waals surface area contributed by atoms with Crippen molar-refractivity contribution < 1.29 is 14.3 Å². The van der Waals surface area contributed by atoms with Crippen LogP contribution in [0.5, 0.6) is 0 Å². The van der Waals surface area contributed by atoms with E-state index in [2.05, 4.69) is 15.7 Å². The Morgan fingerprint density at radius 2 is 2.36 bits per heavy atom. The Bertz CT molecular complexity index is 210. The summed E-state index contributed by atoms with van der Waals surface area (Å²) in [6, 6.07) is 0. The Morgan fingerprint density at radius 3 is 2.79 bits per heavy atom. The molecule has 0 radical (unpaired) electrons. The molecule has 14 heavy (non-hydrogen) atoms. The smallest absolute Gasteiger partial charge is 0.338 e. The van der Waals surface area contributed by atoms with Crippen molar-refractivity contribution in [2.24, 2.45) is 10.8 Å². The number of hydrazine groups is 1. The number of carbonyl (C=O) groups is 1. The number of nitrogens with two attached hydrogens (primary N) is 1. The average Bonchev–Trinajstić information content (AvgIpc) is 2.17. The maximum atomic E-state index is 12.5. The fourth-order valence-electron chi connectivity index (χ4n) is 0.806. The van der Waals surface area contributed by atoms with E-state index >= 15 is 0 Å². The second-order valence-corrected chi connectivity index (χ2v) is 2.59. The summed E-state index contributed by atoms with van der Waals surface area (Å²) >= 11 is 0. The van der Waals surface area contributed by atoms with E-state index in [4.69, 9.17) is 10.9 Å². The highest BCUT2D eigenvalue weighted by molar-refractivity contribution is 5.78. The third-order valence-corrected chi connectivity index (χ3v) is 1.56. The lowest BCUT2D eigenvalue weighted by Crippen LogP contribution is -2.41. The van der Waals surface area contributed by atoms with Crippen LogP contribution in [0, 0.1) is 0 Å². The van der Waals surface area contributed by atoms with Crippen LogP contribution in [0.1, 0.15) is 12.8 Å². The van der Waals surface area contributed by atoms with Gasteiger partial charge in [-0.25, -0.2) is 15.0 Å². The van der Waals surface area contributed by atoms with Crippen molar-refractivity contribution in [3.63, 3.8) is 0 Å². The molecule has 5 N–H and O–H groups in total. The number of aliphatic carboxylic acids is 1. The van der Waals surface area contributed by atoms with E-state index in [1.807, 2.05) is 0 Å². The van der Waals surface area contributed by atoms with Crippen molar-refractivity contribution in [1.82, 2.24) is 10.7 Å². The molecular weight excluding hydrogens is 191 g/mol. The quantitative estimate of drug-likeness (QED) is 0.156. The molecule has 0 unspecified atom stereocenters. The van der Waals surface area contributed by atoms with E-state index in [0.29, 0.717) is 18.9 Å². The van der Waals surface area contributed by atoms with Crippen molar-refractivity contribution in [3.8, 4) is 0 Å². The molecule has 0 heterocycles. The predicted octanol–water partition coefficient (Wildman–Crippen LogP) is -0.772. The SMILES string of the molecule is C/N=C(/NN)NCCC[C@H](F)C(=O)O. The summed E-state index contributed by atoms with van der Waals surface area (Å²) in [5.74, 6) is 4.02. The van der Waals surface area contributed by atoms with Crippen molar-refractivity contribution >= 4 is 11.9 Å². The first-order valence-corrected chi connectivity index (χ1v) is 4.16. The Kier molecular flexibility index (Phi) is 6.38. The van der Waals surface area contributed by atoms with Gasteiger partial charge >= 0.3 is 5.97 Å². The molecule has 0 aliphatic heterocycles. The van der Waals surface area contributed by atoms with Gasteiger partial charge in [-0.1, -0.05) is 0 Å². The second-order valence-electron chi connectivity index (χ2n) is 2.59. The van der Waals surface area contributed by atoms with Crippen LogP contribution in [0.4, 0.5) is 4.39 Å². The summed E-state index contributed by atoms with van der Waals surface area (Å²) in [5.41, 5.74) is 2.29. The van der Waals surface area contributed by atoms with Gasteiger partial charge < -0.3 is 10.4 Å². The summed E-state index contributed by atoms with van der Waals surface area (Å²) in [5, 5.41) is 11.0. The number of carboxylic acids is 1. The van der Waals surface area contributed by atoms with Crippen LogP contribution in [0.15, 0.2) is 4.99 Å². The highest BCUT2D eigenvalue weighted by Crippen LogP contribution is 2.00. The number of hydrogen-bond acceptors (Lipinski definition) is 3. The first kappa shape index (κ1) is 12.6. The standard InChI is InChI=1S/C7H15FN4O2/c1-10-7(12-9)11-4-2-3-5(8)6(13)14/h5H,2-4,9H2,1H3,(H,13,14)(H2,10,11,12)/t5-/m0/s1. The molecule has 0 spiro atoms. The highest BCUT2D eigenvalue weighted by Gasteiger charge is 2.14. The molecule has 0 aliphatic carbocycles. The van der Waals surface area contributed by atoms with Crippen LogP contribution in [0.3, 0.4) is 0 Å². The van der Waals surface area contributed by atoms with Crippen LogP contribution in [-0.4, -0.2) is 36.8 Å². The number of nitrogens with one attached hydrogen (secondary N) is 2. The largest absolute Gasteiger partial charge is 0.479 e. The number of carboxylic acid groups (broad SMARTS) is 1. The van der Waals surface area contributed by atoms with Gasteiger partial charge in [0.25, 0.3) is 0 Å². The molecule has 0 aromatic carbocycles. The van der Waals surface area contributed by atoms with Crippen molar-refractivity contribution in [2.45, 2.75) is 19.0 Å². The van der Waals surface area contributed by atoms with Gasteiger partial charge in [-0.3, -0.25) is 10.4 Å². The second kappa shape index (κ2) is 7.07. The molecule has 0 aromatic rings. The molecule has 0 saturated heterocycles. The molecule has 82 valence electrons. The molecule has 0 saturated carbocycles. The number of nitrogens with zero attached hydrogens (tertiary/aromatic N) is 1. The van der Waals surface area contributed by atoms with E-state index < -0.39 is 12.1 Å². The van der Waals surface area contributed by atoms with Gasteiger partial charge in [0.1, 0.15) is 0 Å². The lowest BCUT2D eigenvalue weighted by atomic mass is 10.2. The van der Waals surface area contributed by atoms with Gasteiger partial charge in [0, 0.05) is 13.6 Å². The zero-order chi connectivity index (χ0) is 11.0. The molecule has 0 amide bonds. The number of halogens is 1. The molecule has 0 aromatic heterocycles. The number of alkyl halides is 1. The van der Waals surface area contributed by atoms with E-state index in [9.17, 15) is 9.18 Å². The minimum absolute atomic E-state index is 0.0239. The van der Waals surface area contributed by atoms with Gasteiger partial charge in [-0.2, -0.15) is 0 Å². The first-order chi connectivity index (χ1) is 6.61. The van der Waals surface area contributed by atoms with E-state index in [0.717, 1.165) is 0 Å². The normalized spacial score (nSPS) is 13.5. The topological polar surface area (TPSA) is 99.7 Å². The van der Waals surface area contributed by atoms with E-state index in [1.54, 1.807) is 0 Å². The number of rotatable bonds is 5. The van der Waals surface area contributed by atoms with Crippen LogP contribution in [-0.2, 0) is 4.79 Å². The third kappa shape index (κ3) is 5.31.